The predicted octanol–water partition coefficient (Wildman–Crippen LogP) is -0.0604. The maximum Gasteiger partial charge on any atom is 0.319 e. The van der Waals surface area contributed by atoms with Crippen molar-refractivity contribution in [3.05, 3.63) is 0 Å². The lowest BCUT2D eigenvalue weighted by molar-refractivity contribution is -0.134. The van der Waals surface area contributed by atoms with Crippen LogP contribution in [0.5, 0.6) is 0 Å². The molecule has 1 fully saturated rings. The van der Waals surface area contributed by atoms with E-state index in [9.17, 15) is 9.59 Å². The largest absolute Gasteiger partial charge is 0.338 e. The van der Waals surface area contributed by atoms with Gasteiger partial charge in [-0.2, -0.15) is 0 Å². The summed E-state index contributed by atoms with van der Waals surface area (Å²) in [6.45, 7) is 4.34. The summed E-state index contributed by atoms with van der Waals surface area (Å²) in [6, 6.07) is -0.397. The molecule has 18 heavy (non-hydrogen) atoms. The molecule has 0 radical (unpaired) electrons. The monoisotopic (exact) mass is 256 g/mol. The van der Waals surface area contributed by atoms with Gasteiger partial charge in [0.15, 0.2) is 0 Å². The van der Waals surface area contributed by atoms with Crippen molar-refractivity contribution in [3.8, 4) is 0 Å². The highest BCUT2D eigenvalue weighted by molar-refractivity contribution is 5.82. The Kier molecular flexibility index (Phi) is 5.40. The second kappa shape index (κ2) is 6.58. The van der Waals surface area contributed by atoms with Crippen LogP contribution in [-0.4, -0.2) is 73.0 Å². The molecule has 1 saturated heterocycles. The summed E-state index contributed by atoms with van der Waals surface area (Å²) in [6.07, 6.45) is 1.63. The molecule has 0 aromatic rings. The van der Waals surface area contributed by atoms with Crippen molar-refractivity contribution < 1.29 is 9.59 Å². The predicted molar refractivity (Wildman–Crippen MR) is 70.1 cm³/mol. The number of carbonyl (C=O) groups excluding carboxylic acids is 2. The molecule has 104 valence electrons. The summed E-state index contributed by atoms with van der Waals surface area (Å²) in [7, 11) is 3.47. The van der Waals surface area contributed by atoms with Gasteiger partial charge >= 0.3 is 6.03 Å². The molecule has 0 spiro atoms. The Balaban J connectivity index is 2.44. The fourth-order valence-electron chi connectivity index (χ4n) is 2.07. The van der Waals surface area contributed by atoms with Crippen LogP contribution in [0.25, 0.3) is 0 Å². The van der Waals surface area contributed by atoms with Crippen LogP contribution in [-0.2, 0) is 4.79 Å². The lowest BCUT2D eigenvalue weighted by atomic mass is 10.1. The number of carbonyl (C=O) groups is 2. The zero-order chi connectivity index (χ0) is 13.7. The normalized spacial score (nSPS) is 17.6. The second-order valence-electron chi connectivity index (χ2n) is 4.88. The minimum absolute atomic E-state index is 0.0000411. The van der Waals surface area contributed by atoms with Crippen LogP contribution < -0.4 is 5.73 Å². The Morgan fingerprint density at radius 3 is 2.11 bits per heavy atom. The lowest BCUT2D eigenvalue weighted by Crippen LogP contribution is -2.55. The summed E-state index contributed by atoms with van der Waals surface area (Å²) in [5.74, 6) is 0.00815. The van der Waals surface area contributed by atoms with Crippen molar-refractivity contribution >= 4 is 11.9 Å². The first-order valence-electron chi connectivity index (χ1n) is 6.48. The van der Waals surface area contributed by atoms with E-state index >= 15 is 0 Å². The van der Waals surface area contributed by atoms with Gasteiger partial charge in [-0.25, -0.2) is 4.79 Å². The molecule has 0 aliphatic carbocycles. The first-order chi connectivity index (χ1) is 8.47. The molecule has 3 amide bonds. The SMILES string of the molecule is CCC[C@@H](N)C(=O)N1CCN(C(=O)N(C)C)CC1. The van der Waals surface area contributed by atoms with Gasteiger partial charge in [0.05, 0.1) is 6.04 Å². The molecular formula is C12H24N4O2. The van der Waals surface area contributed by atoms with Crippen molar-refractivity contribution in [3.63, 3.8) is 0 Å². The number of amides is 3. The van der Waals surface area contributed by atoms with Crippen molar-refractivity contribution in [2.75, 3.05) is 40.3 Å². The molecule has 1 rings (SSSR count). The van der Waals surface area contributed by atoms with E-state index in [2.05, 4.69) is 0 Å². The highest BCUT2D eigenvalue weighted by Crippen LogP contribution is 2.07. The zero-order valence-electron chi connectivity index (χ0n) is 11.6. The van der Waals surface area contributed by atoms with E-state index in [1.54, 1.807) is 28.8 Å². The fourth-order valence-corrected chi connectivity index (χ4v) is 2.07. The number of hydrogen-bond acceptors (Lipinski definition) is 3. The molecule has 1 heterocycles. The van der Waals surface area contributed by atoms with Crippen LogP contribution in [0.15, 0.2) is 0 Å². The topological polar surface area (TPSA) is 69.9 Å². The van der Waals surface area contributed by atoms with Crippen molar-refractivity contribution in [1.82, 2.24) is 14.7 Å². The Morgan fingerprint density at radius 1 is 1.17 bits per heavy atom. The average Bonchev–Trinajstić information content (AvgIpc) is 2.37. The molecule has 1 aliphatic heterocycles. The van der Waals surface area contributed by atoms with E-state index < -0.39 is 6.04 Å². The minimum atomic E-state index is -0.397. The average molecular weight is 256 g/mol. The standard InChI is InChI=1S/C12H24N4O2/c1-4-5-10(13)11(17)15-6-8-16(9-7-15)12(18)14(2)3/h10H,4-9,13H2,1-3H3/t10-/m1/s1. The molecule has 1 aliphatic rings. The molecule has 0 saturated carbocycles. The van der Waals surface area contributed by atoms with E-state index in [1.165, 1.54) is 0 Å². The molecular weight excluding hydrogens is 232 g/mol. The summed E-state index contributed by atoms with van der Waals surface area (Å²) in [5, 5.41) is 0. The Morgan fingerprint density at radius 2 is 1.67 bits per heavy atom. The number of hydrogen-bond donors (Lipinski definition) is 1. The molecule has 6 heteroatoms. The van der Waals surface area contributed by atoms with Gasteiger partial charge in [-0.1, -0.05) is 13.3 Å². The highest BCUT2D eigenvalue weighted by Gasteiger charge is 2.27. The maximum atomic E-state index is 12.0. The molecule has 2 N–H and O–H groups in total. The van der Waals surface area contributed by atoms with Gasteiger partial charge in [-0.15, -0.1) is 0 Å². The van der Waals surface area contributed by atoms with Crippen molar-refractivity contribution in [2.24, 2.45) is 5.73 Å². The van der Waals surface area contributed by atoms with Gasteiger partial charge < -0.3 is 20.4 Å². The van der Waals surface area contributed by atoms with Crippen molar-refractivity contribution in [1.29, 1.82) is 0 Å². The van der Waals surface area contributed by atoms with E-state index in [0.29, 0.717) is 26.2 Å². The maximum absolute atomic E-state index is 12.0. The Bertz CT molecular complexity index is 298. The Hall–Kier alpha value is -1.30. The van der Waals surface area contributed by atoms with Crippen LogP contribution in [0.1, 0.15) is 19.8 Å². The first kappa shape index (κ1) is 14.8. The third kappa shape index (κ3) is 3.60. The number of nitrogens with two attached hydrogens (primary N) is 1. The smallest absolute Gasteiger partial charge is 0.319 e. The van der Waals surface area contributed by atoms with Gasteiger partial charge in [-0.05, 0) is 6.42 Å². The third-order valence-electron chi connectivity index (χ3n) is 3.16. The minimum Gasteiger partial charge on any atom is -0.338 e. The van der Waals surface area contributed by atoms with Crippen LogP contribution in [0.4, 0.5) is 4.79 Å². The summed E-state index contributed by atoms with van der Waals surface area (Å²) in [4.78, 5) is 28.8. The van der Waals surface area contributed by atoms with Crippen LogP contribution in [0.2, 0.25) is 0 Å². The van der Waals surface area contributed by atoms with Crippen LogP contribution in [0.3, 0.4) is 0 Å². The molecule has 1 atom stereocenters. The number of nitrogens with zero attached hydrogens (tertiary/aromatic N) is 3. The molecule has 0 unspecified atom stereocenters. The van der Waals surface area contributed by atoms with Gasteiger partial charge in [0.25, 0.3) is 0 Å². The second-order valence-corrected chi connectivity index (χ2v) is 4.88. The number of piperazine rings is 1. The number of urea groups is 1. The van der Waals surface area contributed by atoms with Gasteiger partial charge in [0.1, 0.15) is 0 Å². The fraction of sp³-hybridized carbons (Fsp3) is 0.833. The van der Waals surface area contributed by atoms with Crippen LogP contribution >= 0.6 is 0 Å². The third-order valence-corrected chi connectivity index (χ3v) is 3.16. The summed E-state index contributed by atoms with van der Waals surface area (Å²) < 4.78 is 0. The summed E-state index contributed by atoms with van der Waals surface area (Å²) >= 11 is 0. The number of rotatable bonds is 3. The van der Waals surface area contributed by atoms with Gasteiger partial charge in [0.2, 0.25) is 5.91 Å². The lowest BCUT2D eigenvalue weighted by Gasteiger charge is -2.36. The molecule has 0 aromatic carbocycles. The summed E-state index contributed by atoms with van der Waals surface area (Å²) in [5.41, 5.74) is 5.82. The van der Waals surface area contributed by atoms with Crippen molar-refractivity contribution in [2.45, 2.75) is 25.8 Å². The molecule has 0 aromatic heterocycles. The molecule has 0 bridgehead atoms. The first-order valence-corrected chi connectivity index (χ1v) is 6.48. The highest BCUT2D eigenvalue weighted by atomic mass is 16.2. The van der Waals surface area contributed by atoms with E-state index in [4.69, 9.17) is 5.73 Å². The van der Waals surface area contributed by atoms with Crippen LogP contribution in [0, 0.1) is 0 Å². The Labute approximate surface area is 109 Å². The quantitative estimate of drug-likeness (QED) is 0.769. The van der Waals surface area contributed by atoms with E-state index in [1.807, 2.05) is 6.92 Å². The zero-order valence-corrected chi connectivity index (χ0v) is 11.6. The van der Waals surface area contributed by atoms with Gasteiger partial charge in [-0.3, -0.25) is 4.79 Å². The van der Waals surface area contributed by atoms with E-state index in [-0.39, 0.29) is 11.9 Å². The van der Waals surface area contributed by atoms with Gasteiger partial charge in [0, 0.05) is 40.3 Å². The molecule has 6 nitrogen and oxygen atoms in total. The van der Waals surface area contributed by atoms with E-state index in [0.717, 1.165) is 12.8 Å².